The number of amides is 1. The lowest BCUT2D eigenvalue weighted by molar-refractivity contribution is -0.113. The normalized spacial score (nSPS) is 15.0. The zero-order valence-electron chi connectivity index (χ0n) is 15.1. The number of rotatable bonds is 4. The Balaban J connectivity index is 1.61. The number of carbonyl (C=O) groups is 2. The van der Waals surface area contributed by atoms with Crippen LogP contribution in [0.4, 0.5) is 5.69 Å². The summed E-state index contributed by atoms with van der Waals surface area (Å²) in [5.41, 5.74) is 1.35. The van der Waals surface area contributed by atoms with Gasteiger partial charge in [0.05, 0.1) is 21.3 Å². The summed E-state index contributed by atoms with van der Waals surface area (Å²) < 4.78 is 5.79. The van der Waals surface area contributed by atoms with Crippen molar-refractivity contribution >= 4 is 64.2 Å². The highest BCUT2D eigenvalue weighted by Crippen LogP contribution is 2.30. The molecule has 1 aliphatic rings. The summed E-state index contributed by atoms with van der Waals surface area (Å²) in [6.45, 7) is 0. The molecule has 1 aliphatic heterocycles. The van der Waals surface area contributed by atoms with Gasteiger partial charge in [0.1, 0.15) is 17.2 Å². The summed E-state index contributed by atoms with van der Waals surface area (Å²) in [6.07, 6.45) is 1.52. The summed E-state index contributed by atoms with van der Waals surface area (Å²) in [5, 5.41) is 13.0. The highest BCUT2D eigenvalue weighted by Gasteiger charge is 2.32. The number of thiocarbonyl (C=S) groups is 1. The maximum atomic E-state index is 12.8. The Morgan fingerprint density at radius 1 is 1.10 bits per heavy atom. The van der Waals surface area contributed by atoms with E-state index in [1.54, 1.807) is 42.5 Å². The Hall–Kier alpha value is -3.13. The Bertz CT molecular complexity index is 1240. The molecule has 2 heterocycles. The van der Waals surface area contributed by atoms with E-state index in [1.165, 1.54) is 23.1 Å². The molecule has 2 N–H and O–H groups in total. The van der Waals surface area contributed by atoms with Crippen molar-refractivity contribution in [3.8, 4) is 11.3 Å². The van der Waals surface area contributed by atoms with Crippen LogP contribution < -0.4 is 10.2 Å². The SMILES string of the molecule is O=C(O)c1cccc(N2C(=O)/C(=C\c3ccc(-c4ccc(Cl)c(Cl)c4)o3)NC2=S)c1. The molecule has 150 valence electrons. The Labute approximate surface area is 186 Å². The first-order valence-corrected chi connectivity index (χ1v) is 9.75. The summed E-state index contributed by atoms with van der Waals surface area (Å²) in [5.74, 6) is -0.533. The molecule has 1 amide bonds. The number of carbonyl (C=O) groups excluding carboxylic acids is 1. The average molecular weight is 459 g/mol. The van der Waals surface area contributed by atoms with E-state index >= 15 is 0 Å². The minimum atomic E-state index is -1.09. The topological polar surface area (TPSA) is 82.8 Å². The molecule has 3 aromatic rings. The number of hydrogen-bond acceptors (Lipinski definition) is 4. The number of nitrogens with zero attached hydrogens (tertiary/aromatic N) is 1. The second-order valence-electron chi connectivity index (χ2n) is 6.32. The Kier molecular flexibility index (Phi) is 5.34. The number of nitrogens with one attached hydrogen (secondary N) is 1. The molecule has 0 bridgehead atoms. The third kappa shape index (κ3) is 3.82. The van der Waals surface area contributed by atoms with E-state index in [9.17, 15) is 9.59 Å². The van der Waals surface area contributed by atoms with Crippen molar-refractivity contribution in [2.45, 2.75) is 0 Å². The van der Waals surface area contributed by atoms with E-state index in [-0.39, 0.29) is 16.4 Å². The molecule has 0 spiro atoms. The molecule has 1 aromatic heterocycles. The molecule has 0 unspecified atom stereocenters. The lowest BCUT2D eigenvalue weighted by Crippen LogP contribution is -2.30. The van der Waals surface area contributed by atoms with Crippen LogP contribution in [-0.2, 0) is 4.79 Å². The van der Waals surface area contributed by atoms with Crippen molar-refractivity contribution in [3.05, 3.63) is 81.7 Å². The van der Waals surface area contributed by atoms with Crippen molar-refractivity contribution in [2.75, 3.05) is 4.90 Å². The molecule has 0 atom stereocenters. The second-order valence-corrected chi connectivity index (χ2v) is 7.52. The molecule has 1 fully saturated rings. The van der Waals surface area contributed by atoms with Crippen LogP contribution in [0.15, 0.2) is 64.7 Å². The van der Waals surface area contributed by atoms with Crippen LogP contribution in [-0.4, -0.2) is 22.1 Å². The van der Waals surface area contributed by atoms with Gasteiger partial charge in [-0.05, 0) is 60.7 Å². The summed E-state index contributed by atoms with van der Waals surface area (Å²) in [7, 11) is 0. The predicted octanol–water partition coefficient (Wildman–Crippen LogP) is 5.21. The van der Waals surface area contributed by atoms with Crippen molar-refractivity contribution in [2.24, 2.45) is 0 Å². The number of carboxylic acid groups (broad SMARTS) is 1. The van der Waals surface area contributed by atoms with E-state index in [1.807, 2.05) is 0 Å². The smallest absolute Gasteiger partial charge is 0.335 e. The minimum absolute atomic E-state index is 0.0535. The first kappa shape index (κ1) is 20.2. The number of aromatic carboxylic acids is 1. The summed E-state index contributed by atoms with van der Waals surface area (Å²) in [6, 6.07) is 14.6. The predicted molar refractivity (Wildman–Crippen MR) is 119 cm³/mol. The Morgan fingerprint density at radius 3 is 2.63 bits per heavy atom. The monoisotopic (exact) mass is 458 g/mol. The van der Waals surface area contributed by atoms with Gasteiger partial charge in [0.15, 0.2) is 5.11 Å². The number of hydrogen-bond donors (Lipinski definition) is 2. The molecule has 9 heteroatoms. The fraction of sp³-hybridized carbons (Fsp3) is 0. The highest BCUT2D eigenvalue weighted by molar-refractivity contribution is 7.80. The maximum absolute atomic E-state index is 12.8. The molecule has 1 saturated heterocycles. The zero-order valence-corrected chi connectivity index (χ0v) is 17.4. The fourth-order valence-corrected chi connectivity index (χ4v) is 3.52. The van der Waals surface area contributed by atoms with Crippen LogP contribution in [0.1, 0.15) is 16.1 Å². The number of anilines is 1. The van der Waals surface area contributed by atoms with Gasteiger partial charge in [-0.2, -0.15) is 0 Å². The largest absolute Gasteiger partial charge is 0.478 e. The van der Waals surface area contributed by atoms with Crippen LogP contribution in [0.2, 0.25) is 10.0 Å². The first-order chi connectivity index (χ1) is 14.3. The van der Waals surface area contributed by atoms with Crippen LogP contribution in [0, 0.1) is 0 Å². The van der Waals surface area contributed by atoms with Gasteiger partial charge in [-0.25, -0.2) is 4.79 Å². The molecule has 0 aliphatic carbocycles. The highest BCUT2D eigenvalue weighted by atomic mass is 35.5. The van der Waals surface area contributed by atoms with Crippen LogP contribution in [0.3, 0.4) is 0 Å². The lowest BCUT2D eigenvalue weighted by Gasteiger charge is -2.14. The molecule has 2 aromatic carbocycles. The van der Waals surface area contributed by atoms with E-state index in [4.69, 9.17) is 44.9 Å². The van der Waals surface area contributed by atoms with Crippen molar-refractivity contribution < 1.29 is 19.1 Å². The number of benzene rings is 2. The summed E-state index contributed by atoms with van der Waals surface area (Å²) in [4.78, 5) is 25.3. The van der Waals surface area contributed by atoms with Crippen LogP contribution in [0.25, 0.3) is 17.4 Å². The van der Waals surface area contributed by atoms with Gasteiger partial charge in [-0.15, -0.1) is 0 Å². The Morgan fingerprint density at radius 2 is 1.90 bits per heavy atom. The number of furan rings is 1. The molecular weight excluding hydrogens is 447 g/mol. The maximum Gasteiger partial charge on any atom is 0.335 e. The van der Waals surface area contributed by atoms with Gasteiger partial charge in [0.2, 0.25) is 0 Å². The van der Waals surface area contributed by atoms with E-state index in [2.05, 4.69) is 5.32 Å². The molecule has 6 nitrogen and oxygen atoms in total. The number of halogens is 2. The summed E-state index contributed by atoms with van der Waals surface area (Å²) >= 11 is 17.2. The molecule has 4 rings (SSSR count). The van der Waals surface area contributed by atoms with Crippen LogP contribution >= 0.6 is 35.4 Å². The zero-order chi connectivity index (χ0) is 21.4. The van der Waals surface area contributed by atoms with Gasteiger partial charge in [0, 0.05) is 11.6 Å². The molecule has 0 radical (unpaired) electrons. The fourth-order valence-electron chi connectivity index (χ4n) is 2.92. The third-order valence-electron chi connectivity index (χ3n) is 4.35. The average Bonchev–Trinajstić information content (AvgIpc) is 3.29. The van der Waals surface area contributed by atoms with E-state index in [0.29, 0.717) is 27.3 Å². The quantitative estimate of drug-likeness (QED) is 0.412. The van der Waals surface area contributed by atoms with Gasteiger partial charge in [-0.1, -0.05) is 29.3 Å². The second kappa shape index (κ2) is 7.95. The lowest BCUT2D eigenvalue weighted by atomic mass is 10.2. The molecule has 30 heavy (non-hydrogen) atoms. The number of carboxylic acids is 1. The van der Waals surface area contributed by atoms with Gasteiger partial charge < -0.3 is 14.8 Å². The third-order valence-corrected chi connectivity index (χ3v) is 5.37. The van der Waals surface area contributed by atoms with Gasteiger partial charge >= 0.3 is 5.97 Å². The van der Waals surface area contributed by atoms with Crippen molar-refractivity contribution in [3.63, 3.8) is 0 Å². The molecule has 0 saturated carbocycles. The van der Waals surface area contributed by atoms with Gasteiger partial charge in [-0.3, -0.25) is 9.69 Å². The van der Waals surface area contributed by atoms with Crippen molar-refractivity contribution in [1.82, 2.24) is 5.32 Å². The van der Waals surface area contributed by atoms with E-state index < -0.39 is 11.9 Å². The van der Waals surface area contributed by atoms with Crippen LogP contribution in [0.5, 0.6) is 0 Å². The van der Waals surface area contributed by atoms with E-state index in [0.717, 1.165) is 5.56 Å². The first-order valence-electron chi connectivity index (χ1n) is 8.59. The van der Waals surface area contributed by atoms with Crippen molar-refractivity contribution in [1.29, 1.82) is 0 Å². The standard InChI is InChI=1S/C21H12Cl2N2O4S/c22-15-6-4-11(9-16(15)23)18-7-5-14(29-18)10-17-19(26)25(21(30)24-17)13-3-1-2-12(8-13)20(27)28/h1-10H,(H,24,30)(H,27,28)/b17-10+. The minimum Gasteiger partial charge on any atom is -0.478 e. The molecular formula is C21H12Cl2N2O4S. The van der Waals surface area contributed by atoms with Gasteiger partial charge in [0.25, 0.3) is 5.91 Å².